The molecule has 0 aliphatic rings. The van der Waals surface area contributed by atoms with Crippen LogP contribution in [-0.4, -0.2) is 64.1 Å². The Morgan fingerprint density at radius 3 is 2.14 bits per heavy atom. The maximum absolute atomic E-state index is 12.6. The average molecular weight is 514 g/mol. The normalized spacial score (nSPS) is 11.3. The van der Waals surface area contributed by atoms with Gasteiger partial charge in [-0.1, -0.05) is 50.5 Å². The van der Waals surface area contributed by atoms with E-state index in [4.69, 9.17) is 14.2 Å². The molecule has 0 aromatic heterocycles. The van der Waals surface area contributed by atoms with E-state index >= 15 is 0 Å². The molecule has 0 heterocycles. The molecule has 0 aliphatic heterocycles. The zero-order valence-electron chi connectivity index (χ0n) is 22.5. The van der Waals surface area contributed by atoms with E-state index in [-0.39, 0.29) is 12.3 Å². The highest BCUT2D eigenvalue weighted by Crippen LogP contribution is 2.41. The summed E-state index contributed by atoms with van der Waals surface area (Å²) in [6, 6.07) is 10.2. The highest BCUT2D eigenvalue weighted by molar-refractivity contribution is 5.84. The monoisotopic (exact) mass is 513 g/mol. The van der Waals surface area contributed by atoms with Gasteiger partial charge in [-0.3, -0.25) is 4.79 Å². The van der Waals surface area contributed by atoms with E-state index in [1.54, 1.807) is 28.4 Å². The van der Waals surface area contributed by atoms with E-state index in [0.29, 0.717) is 36.6 Å². The molecular weight excluding hydrogens is 474 g/mol. The van der Waals surface area contributed by atoms with Gasteiger partial charge in [-0.2, -0.15) is 0 Å². The summed E-state index contributed by atoms with van der Waals surface area (Å²) >= 11 is 0. The van der Waals surface area contributed by atoms with Gasteiger partial charge in [-0.25, -0.2) is 4.79 Å². The Balaban J connectivity index is 1.94. The molecule has 2 aromatic carbocycles. The Morgan fingerprint density at radius 2 is 1.59 bits per heavy atom. The van der Waals surface area contributed by atoms with Gasteiger partial charge in [0.25, 0.3) is 0 Å². The highest BCUT2D eigenvalue weighted by atomic mass is 16.5. The molecule has 0 aliphatic carbocycles. The zero-order valence-corrected chi connectivity index (χ0v) is 22.5. The van der Waals surface area contributed by atoms with E-state index in [0.717, 1.165) is 42.4 Å². The van der Waals surface area contributed by atoms with E-state index in [1.807, 2.05) is 36.4 Å². The quantitative estimate of drug-likeness (QED) is 0.273. The van der Waals surface area contributed by atoms with Crippen molar-refractivity contribution in [3.05, 3.63) is 42.0 Å². The molecule has 9 nitrogen and oxygen atoms in total. The lowest BCUT2D eigenvalue weighted by molar-refractivity contribution is -0.123. The SMILES string of the molecule is CCCCCCNC(=O)CC(C=O)NC(=O)N(C)Cc1ccc(-c2cc(OC)c(OC)c(OC)c2)cc1. The first kappa shape index (κ1) is 29.5. The maximum atomic E-state index is 12.6. The second-order valence-corrected chi connectivity index (χ2v) is 8.77. The molecule has 37 heavy (non-hydrogen) atoms. The average Bonchev–Trinajstić information content (AvgIpc) is 2.91. The number of unbranched alkanes of at least 4 members (excludes halogenated alkanes) is 3. The van der Waals surface area contributed by atoms with Crippen LogP contribution in [0, 0.1) is 0 Å². The summed E-state index contributed by atoms with van der Waals surface area (Å²) in [4.78, 5) is 37.6. The van der Waals surface area contributed by atoms with Crippen LogP contribution in [0.25, 0.3) is 11.1 Å². The molecule has 2 rings (SSSR count). The molecule has 0 spiro atoms. The number of ether oxygens (including phenoxy) is 3. The first-order chi connectivity index (χ1) is 17.9. The van der Waals surface area contributed by atoms with Crippen LogP contribution in [0.3, 0.4) is 0 Å². The van der Waals surface area contributed by atoms with Crippen molar-refractivity contribution in [3.8, 4) is 28.4 Å². The van der Waals surface area contributed by atoms with Gasteiger partial charge < -0.3 is 34.5 Å². The highest BCUT2D eigenvalue weighted by Gasteiger charge is 2.18. The predicted molar refractivity (Wildman–Crippen MR) is 143 cm³/mol. The van der Waals surface area contributed by atoms with Crippen LogP contribution >= 0.6 is 0 Å². The molecule has 0 saturated carbocycles. The summed E-state index contributed by atoms with van der Waals surface area (Å²) in [5, 5.41) is 5.42. The van der Waals surface area contributed by atoms with Crippen molar-refractivity contribution in [2.45, 2.75) is 51.6 Å². The number of carbonyl (C=O) groups excluding carboxylic acids is 3. The third-order valence-corrected chi connectivity index (χ3v) is 5.95. The number of benzene rings is 2. The van der Waals surface area contributed by atoms with Crippen LogP contribution in [0.1, 0.15) is 44.6 Å². The Labute approximate surface area is 219 Å². The smallest absolute Gasteiger partial charge is 0.318 e. The number of aldehydes is 1. The van der Waals surface area contributed by atoms with Crippen LogP contribution in [0.5, 0.6) is 17.2 Å². The number of urea groups is 1. The topological polar surface area (TPSA) is 106 Å². The second kappa shape index (κ2) is 15.4. The molecule has 0 fully saturated rings. The molecule has 0 saturated heterocycles. The van der Waals surface area contributed by atoms with Gasteiger partial charge in [0.15, 0.2) is 11.5 Å². The van der Waals surface area contributed by atoms with Crippen LogP contribution in [-0.2, 0) is 16.1 Å². The van der Waals surface area contributed by atoms with Crippen molar-refractivity contribution in [2.24, 2.45) is 0 Å². The zero-order chi connectivity index (χ0) is 27.2. The predicted octanol–water partition coefficient (Wildman–Crippen LogP) is 4.17. The number of hydrogen-bond acceptors (Lipinski definition) is 6. The maximum Gasteiger partial charge on any atom is 0.318 e. The Hall–Kier alpha value is -3.75. The molecule has 2 aromatic rings. The summed E-state index contributed by atoms with van der Waals surface area (Å²) in [6.07, 6.45) is 4.72. The number of methoxy groups -OCH3 is 3. The summed E-state index contributed by atoms with van der Waals surface area (Å²) in [5.74, 6) is 1.40. The molecule has 9 heteroatoms. The van der Waals surface area contributed by atoms with Crippen molar-refractivity contribution in [1.29, 1.82) is 0 Å². The summed E-state index contributed by atoms with van der Waals surface area (Å²) < 4.78 is 16.3. The van der Waals surface area contributed by atoms with Crippen LogP contribution < -0.4 is 24.8 Å². The van der Waals surface area contributed by atoms with E-state index in [1.165, 1.54) is 4.90 Å². The third-order valence-electron chi connectivity index (χ3n) is 5.95. The van der Waals surface area contributed by atoms with Crippen LogP contribution in [0.4, 0.5) is 4.79 Å². The summed E-state index contributed by atoms with van der Waals surface area (Å²) in [7, 11) is 6.34. The van der Waals surface area contributed by atoms with E-state index in [9.17, 15) is 14.4 Å². The lowest BCUT2D eigenvalue weighted by Gasteiger charge is -2.21. The molecule has 0 bridgehead atoms. The van der Waals surface area contributed by atoms with Crippen LogP contribution in [0.2, 0.25) is 0 Å². The first-order valence-electron chi connectivity index (χ1n) is 12.5. The number of nitrogens with one attached hydrogen (secondary N) is 2. The van der Waals surface area contributed by atoms with Crippen molar-refractivity contribution in [1.82, 2.24) is 15.5 Å². The lowest BCUT2D eigenvalue weighted by atomic mass is 10.0. The fraction of sp³-hybridized carbons (Fsp3) is 0.464. The number of amides is 3. The summed E-state index contributed by atoms with van der Waals surface area (Å²) in [6.45, 7) is 3.03. The molecule has 3 amide bonds. The molecule has 1 unspecified atom stereocenters. The number of rotatable bonds is 15. The van der Waals surface area contributed by atoms with Crippen LogP contribution in [0.15, 0.2) is 36.4 Å². The largest absolute Gasteiger partial charge is 0.493 e. The third kappa shape index (κ3) is 9.00. The molecule has 202 valence electrons. The van der Waals surface area contributed by atoms with Gasteiger partial charge in [-0.05, 0) is 35.2 Å². The van der Waals surface area contributed by atoms with Crippen molar-refractivity contribution in [2.75, 3.05) is 34.9 Å². The fourth-order valence-corrected chi connectivity index (χ4v) is 3.85. The number of carbonyl (C=O) groups is 3. The fourth-order valence-electron chi connectivity index (χ4n) is 3.85. The Bertz CT molecular complexity index is 1000. The van der Waals surface area contributed by atoms with Crippen molar-refractivity contribution < 1.29 is 28.6 Å². The second-order valence-electron chi connectivity index (χ2n) is 8.77. The lowest BCUT2D eigenvalue weighted by Crippen LogP contribution is -2.45. The number of hydrogen-bond donors (Lipinski definition) is 2. The molecule has 2 N–H and O–H groups in total. The van der Waals surface area contributed by atoms with Gasteiger partial charge in [0.05, 0.1) is 33.8 Å². The standard InChI is InChI=1S/C28H39N3O6/c1-6-7-8-9-14-29-26(33)17-23(19-32)30-28(34)31(2)18-20-10-12-21(13-11-20)22-15-24(35-3)27(37-5)25(16-22)36-4/h10-13,15-16,19,23H,6-9,14,17-18H2,1-5H3,(H,29,33)(H,30,34). The Morgan fingerprint density at radius 1 is 0.946 bits per heavy atom. The van der Waals surface area contributed by atoms with Gasteiger partial charge >= 0.3 is 6.03 Å². The molecule has 1 atom stereocenters. The minimum Gasteiger partial charge on any atom is -0.493 e. The molecule has 0 radical (unpaired) electrons. The minimum absolute atomic E-state index is 0.0830. The molecular formula is C28H39N3O6. The van der Waals surface area contributed by atoms with Gasteiger partial charge in [0, 0.05) is 20.1 Å². The minimum atomic E-state index is -0.881. The number of nitrogens with zero attached hydrogens (tertiary/aromatic N) is 1. The van der Waals surface area contributed by atoms with Gasteiger partial charge in [0.1, 0.15) is 6.29 Å². The van der Waals surface area contributed by atoms with E-state index < -0.39 is 12.1 Å². The Kier molecular flexibility index (Phi) is 12.3. The van der Waals surface area contributed by atoms with Gasteiger partial charge in [0.2, 0.25) is 11.7 Å². The first-order valence-corrected chi connectivity index (χ1v) is 12.5. The van der Waals surface area contributed by atoms with E-state index in [2.05, 4.69) is 17.6 Å². The van der Waals surface area contributed by atoms with Crippen molar-refractivity contribution in [3.63, 3.8) is 0 Å². The van der Waals surface area contributed by atoms with Crippen molar-refractivity contribution >= 4 is 18.2 Å². The summed E-state index contributed by atoms with van der Waals surface area (Å²) in [5.41, 5.74) is 2.74. The van der Waals surface area contributed by atoms with Gasteiger partial charge in [-0.15, -0.1) is 0 Å².